The number of thioether (sulfide) groups is 1. The smallest absolute Gasteiger partial charge is 0.355 e. The summed E-state index contributed by atoms with van der Waals surface area (Å²) in [7, 11) is 1.58. The zero-order valence-electron chi connectivity index (χ0n) is 45.9. The van der Waals surface area contributed by atoms with Crippen LogP contribution in [0.1, 0.15) is 44.6 Å². The van der Waals surface area contributed by atoms with E-state index in [4.69, 9.17) is 30.2 Å². The average Bonchev–Trinajstić information content (AvgIpc) is 1.89. The number of halogens is 1. The van der Waals surface area contributed by atoms with Crippen LogP contribution in [0.2, 0.25) is 0 Å². The first kappa shape index (κ1) is 57.4. The Morgan fingerprint density at radius 2 is 1.28 bits per heavy atom. The highest BCUT2D eigenvalue weighted by molar-refractivity contribution is 8.00. The van der Waals surface area contributed by atoms with Gasteiger partial charge in [-0.1, -0.05) is 215 Å². The van der Waals surface area contributed by atoms with E-state index in [9.17, 15) is 9.59 Å². The summed E-state index contributed by atoms with van der Waals surface area (Å²) in [6.07, 6.45) is 7.27. The van der Waals surface area contributed by atoms with Crippen molar-refractivity contribution in [2.75, 3.05) is 23.9 Å². The number of carbonyl (C=O) groups is 3. The molecule has 2 aliphatic rings. The number of nitrogens with two attached hydrogens (primary N) is 1. The molecule has 2 atom stereocenters. The molecule has 3 aromatic heterocycles. The highest BCUT2D eigenvalue weighted by atomic mass is 127. The number of nitrogen functional groups attached to an aromatic ring is 1. The highest BCUT2D eigenvalue weighted by Gasteiger charge is 2.55. The third-order valence-electron chi connectivity index (χ3n) is 14.9. The van der Waals surface area contributed by atoms with Crippen molar-refractivity contribution in [3.05, 3.63) is 304 Å². The van der Waals surface area contributed by atoms with E-state index < -0.39 is 40.3 Å². The van der Waals surface area contributed by atoms with Crippen LogP contribution in [0.3, 0.4) is 0 Å². The van der Waals surface area contributed by atoms with Crippen LogP contribution >= 0.6 is 23.1 Å². The topological polar surface area (TPSA) is 179 Å². The molecule has 0 spiro atoms. The summed E-state index contributed by atoms with van der Waals surface area (Å²) in [4.78, 5) is 58.5. The molecular formula is C67H56IN9O6S2. The van der Waals surface area contributed by atoms with E-state index in [1.54, 1.807) is 41.4 Å². The number of ether oxygens (including phenoxy) is 2. The number of benzene rings is 7. The molecule has 7 aromatic carbocycles. The van der Waals surface area contributed by atoms with Gasteiger partial charge in [-0.2, -0.15) is 0 Å². The minimum atomic E-state index is -1.38. The summed E-state index contributed by atoms with van der Waals surface area (Å²) in [5.41, 5.74) is 11.1. The van der Waals surface area contributed by atoms with Gasteiger partial charge in [-0.05, 0) is 46.0 Å². The molecule has 5 heterocycles. The zero-order chi connectivity index (χ0) is 57.5. The molecule has 0 unspecified atom stereocenters. The molecule has 0 aliphatic carbocycles. The quantitative estimate of drug-likeness (QED) is 0.0131. The maximum Gasteiger partial charge on any atom is 0.355 e. The third-order valence-corrected chi connectivity index (χ3v) is 17.0. The number of hydrogen-bond donors (Lipinski definition) is 3. The number of allylic oxidation sites excluding steroid dienone is 2. The van der Waals surface area contributed by atoms with Crippen molar-refractivity contribution >= 4 is 63.2 Å². The van der Waals surface area contributed by atoms with Gasteiger partial charge in [-0.3, -0.25) is 14.5 Å². The zero-order valence-corrected chi connectivity index (χ0v) is 49.6. The first-order valence-corrected chi connectivity index (χ1v) is 29.1. The Hall–Kier alpha value is -9.37. The first-order valence-electron chi connectivity index (χ1n) is 27.2. The van der Waals surface area contributed by atoms with E-state index in [-0.39, 0.29) is 47.7 Å². The van der Waals surface area contributed by atoms with E-state index in [0.717, 1.165) is 44.6 Å². The van der Waals surface area contributed by atoms with E-state index >= 15 is 4.79 Å². The molecule has 15 nitrogen and oxygen atoms in total. The second kappa shape index (κ2) is 25.6. The fourth-order valence-electron chi connectivity index (χ4n) is 10.8. The van der Waals surface area contributed by atoms with Crippen LogP contribution in [0.5, 0.6) is 5.75 Å². The molecule has 0 bridgehead atoms. The lowest BCUT2D eigenvalue weighted by Gasteiger charge is -2.49. The highest BCUT2D eigenvalue weighted by Crippen LogP contribution is 2.44. The van der Waals surface area contributed by atoms with Crippen LogP contribution in [-0.4, -0.2) is 67.3 Å². The lowest BCUT2D eigenvalue weighted by molar-refractivity contribution is -0.664. The van der Waals surface area contributed by atoms with Crippen molar-refractivity contribution < 1.29 is 57.2 Å². The fourth-order valence-corrected chi connectivity index (χ4v) is 12.8. The number of fused-ring (bicyclic) bond motifs is 2. The summed E-state index contributed by atoms with van der Waals surface area (Å²) in [6, 6.07) is 69.3. The number of thiazole rings is 1. The molecule has 0 saturated carbocycles. The number of hydrogen-bond acceptors (Lipinski definition) is 13. The van der Waals surface area contributed by atoms with Crippen molar-refractivity contribution in [3.63, 3.8) is 0 Å². The molecular weight excluding hydrogens is 1220 g/mol. The SMILES string of the molecule is COc1ccc(COC(=O)C2=C(/C=C/C[n+]3ccc(N)n4nccc43)CS[C@H]3[C@H](NC(=O)C(=NOC(c4ccccc4)(c4ccccc4)c4ccccc4)c4csc(NC(c5ccccc5)(c5ccccc5)c5ccccc5)n4)C(=O)N23)cc1.[I-]. The van der Waals surface area contributed by atoms with Crippen molar-refractivity contribution in [1.29, 1.82) is 0 Å². The van der Waals surface area contributed by atoms with Crippen LogP contribution in [0.4, 0.5) is 10.9 Å². The number of carbonyl (C=O) groups excluding carboxylic acids is 3. The largest absolute Gasteiger partial charge is 1.00 e. The van der Waals surface area contributed by atoms with Gasteiger partial charge in [0.2, 0.25) is 11.4 Å². The minimum absolute atomic E-state index is 0. The summed E-state index contributed by atoms with van der Waals surface area (Å²) in [5, 5.41) is 17.6. The molecule has 2 aliphatic heterocycles. The molecule has 18 heteroatoms. The Balaban J connectivity index is 0.00000752. The summed E-state index contributed by atoms with van der Waals surface area (Å²) in [5.74, 6) is -0.475. The van der Waals surface area contributed by atoms with Gasteiger partial charge >= 0.3 is 11.6 Å². The number of β-lactam (4-membered cyclic amide) rings is 1. The van der Waals surface area contributed by atoms with Gasteiger partial charge in [0.1, 0.15) is 47.2 Å². The molecule has 10 aromatic rings. The van der Waals surface area contributed by atoms with Crippen molar-refractivity contribution in [2.24, 2.45) is 5.16 Å². The number of rotatable bonds is 20. The van der Waals surface area contributed by atoms with Gasteiger partial charge < -0.3 is 54.7 Å². The Kier molecular flexibility index (Phi) is 17.3. The van der Waals surface area contributed by atoms with Crippen molar-refractivity contribution in [3.8, 4) is 5.75 Å². The number of aromatic nitrogens is 4. The van der Waals surface area contributed by atoms with Crippen molar-refractivity contribution in [1.82, 2.24) is 24.8 Å². The van der Waals surface area contributed by atoms with E-state index in [2.05, 4.69) is 52.1 Å². The Labute approximate surface area is 516 Å². The van der Waals surface area contributed by atoms with Gasteiger partial charge in [-0.25, -0.2) is 14.3 Å². The van der Waals surface area contributed by atoms with Crippen LogP contribution in [0.25, 0.3) is 5.65 Å². The van der Waals surface area contributed by atoms with E-state index in [0.29, 0.717) is 34.6 Å². The molecule has 1 fully saturated rings. The lowest BCUT2D eigenvalue weighted by Crippen LogP contribution is -3.00. The Morgan fingerprint density at radius 3 is 1.82 bits per heavy atom. The molecule has 424 valence electrons. The van der Waals surface area contributed by atoms with E-state index in [1.165, 1.54) is 28.0 Å². The van der Waals surface area contributed by atoms with Crippen LogP contribution in [0, 0.1) is 0 Å². The number of nitrogens with zero attached hydrogens (tertiary/aromatic N) is 6. The van der Waals surface area contributed by atoms with Gasteiger partial charge in [0.05, 0.1) is 25.6 Å². The van der Waals surface area contributed by atoms with Crippen LogP contribution < -0.4 is 49.6 Å². The third kappa shape index (κ3) is 11.4. The summed E-state index contributed by atoms with van der Waals surface area (Å²) < 4.78 is 14.9. The number of nitrogens with one attached hydrogen (secondary N) is 2. The second-order valence-electron chi connectivity index (χ2n) is 19.9. The monoisotopic (exact) mass is 1270 g/mol. The molecule has 85 heavy (non-hydrogen) atoms. The van der Waals surface area contributed by atoms with Gasteiger partial charge in [-0.15, -0.1) is 23.1 Å². The average molecular weight is 1270 g/mol. The van der Waals surface area contributed by atoms with Gasteiger partial charge in [0.25, 0.3) is 11.8 Å². The van der Waals surface area contributed by atoms with Gasteiger partial charge in [0, 0.05) is 33.9 Å². The number of oxime groups is 1. The Morgan fingerprint density at radius 1 is 0.741 bits per heavy atom. The Bertz CT molecular complexity index is 3870. The molecule has 4 N–H and O–H groups in total. The minimum Gasteiger partial charge on any atom is -1.00 e. The lowest BCUT2D eigenvalue weighted by atomic mass is 9.77. The maximum atomic E-state index is 15.5. The second-order valence-corrected chi connectivity index (χ2v) is 21.8. The standard InChI is InChI=1S/C67H55N9O6S2.HI/c1-80-54-36-34-46(35-37-54)43-81-64(79)60-47(21-20-41-74-42-39-56(68)76-57(74)38-40-69-76)44-83-63-59(62(78)75(60)63)71-61(77)58(73-82-67(51-28-14-5-15-29-51,52-30-16-6-17-31-52)53-32-18-7-19-33-53)55-45-84-65(70-55)72-66(48-22-8-2-9-23-48,49-24-10-3-11-25-49)50-26-12-4-13-27-50;/h2-40,42,45,59,63,68H,41,43-44H2,1H3,(H2,70,71,72,77);1H/b21-20+,73-58?;/t59-,63+;/m1./s1. The molecule has 12 rings (SSSR count). The normalized spacial score (nSPS) is 15.1. The molecule has 1 saturated heterocycles. The van der Waals surface area contributed by atoms with E-state index in [1.807, 2.05) is 187 Å². The molecule has 0 radical (unpaired) electrons. The fraction of sp³-hybridized carbons (Fsp3) is 0.119. The number of methoxy groups -OCH3 is 1. The number of anilines is 2. The number of amides is 2. The van der Waals surface area contributed by atoms with Crippen LogP contribution in [0.15, 0.2) is 265 Å². The molecule has 2 amide bonds. The predicted molar refractivity (Wildman–Crippen MR) is 326 cm³/mol. The summed E-state index contributed by atoms with van der Waals surface area (Å²) in [6.45, 7) is 0.339. The van der Waals surface area contributed by atoms with Crippen LogP contribution in [-0.2, 0) is 48.2 Å². The summed E-state index contributed by atoms with van der Waals surface area (Å²) >= 11 is 2.72. The first-order chi connectivity index (χ1) is 41.2. The van der Waals surface area contributed by atoms with Crippen molar-refractivity contribution in [2.45, 2.75) is 35.7 Å². The number of esters is 1. The predicted octanol–water partition coefficient (Wildman–Crippen LogP) is 7.44. The maximum absolute atomic E-state index is 15.5. The van der Waals surface area contributed by atoms with Gasteiger partial charge in [0.15, 0.2) is 10.8 Å².